The number of nitrogens with one attached hydrogen (secondary N) is 1. The Morgan fingerprint density at radius 2 is 2.11 bits per heavy atom. The van der Waals surface area contributed by atoms with Crippen molar-refractivity contribution in [2.24, 2.45) is 7.05 Å². The Hall–Kier alpha value is -1.14. The zero-order chi connectivity index (χ0) is 14.2. The van der Waals surface area contributed by atoms with E-state index in [0.717, 1.165) is 41.0 Å². The average Bonchev–Trinajstić information content (AvgIpc) is 2.83. The molecule has 0 saturated carbocycles. The van der Waals surface area contributed by atoms with Gasteiger partial charge in [0.25, 0.3) is 0 Å². The lowest BCUT2D eigenvalue weighted by Crippen LogP contribution is -2.18. The number of aromatic nitrogens is 4. The molecular weight excluding hydrogens is 258 g/mol. The van der Waals surface area contributed by atoms with E-state index in [4.69, 9.17) is 12.2 Å². The monoisotopic (exact) mass is 281 g/mol. The minimum atomic E-state index is 0.365. The maximum absolute atomic E-state index is 5.48. The number of fused-ring (bicyclic) bond motifs is 1. The van der Waals surface area contributed by atoms with Crippen LogP contribution in [0.25, 0.3) is 11.2 Å². The number of imidazole rings is 1. The highest BCUT2D eigenvalue weighted by Gasteiger charge is 2.17. The summed E-state index contributed by atoms with van der Waals surface area (Å²) in [4.78, 5) is 5.52. The van der Waals surface area contributed by atoms with Crippen LogP contribution in [0.4, 0.5) is 0 Å². The highest BCUT2D eigenvalue weighted by atomic mass is 32.1. The predicted molar refractivity (Wildman–Crippen MR) is 81.1 cm³/mol. The molecule has 1 N–H and O–H groups in total. The van der Waals surface area contributed by atoms with Crippen LogP contribution in [-0.2, 0) is 13.5 Å². The van der Waals surface area contributed by atoms with Crippen molar-refractivity contribution in [2.75, 3.05) is 20.6 Å². The molecule has 1 unspecified atom stereocenters. The summed E-state index contributed by atoms with van der Waals surface area (Å²) in [6.45, 7) is 5.38. The minimum Gasteiger partial charge on any atom is -0.328 e. The van der Waals surface area contributed by atoms with Crippen LogP contribution in [0.5, 0.6) is 0 Å². The number of H-pyrrole nitrogens is 1. The third-order valence-electron chi connectivity index (χ3n) is 3.54. The van der Waals surface area contributed by atoms with Crippen molar-refractivity contribution in [1.82, 2.24) is 24.2 Å². The Bertz CT molecular complexity index is 619. The van der Waals surface area contributed by atoms with Crippen molar-refractivity contribution in [3.63, 3.8) is 0 Å². The Morgan fingerprint density at radius 1 is 1.42 bits per heavy atom. The van der Waals surface area contributed by atoms with Crippen molar-refractivity contribution in [3.8, 4) is 0 Å². The van der Waals surface area contributed by atoms with Crippen LogP contribution in [-0.4, -0.2) is 44.9 Å². The van der Waals surface area contributed by atoms with Crippen LogP contribution in [0, 0.1) is 4.77 Å². The molecule has 2 aromatic rings. The van der Waals surface area contributed by atoms with Gasteiger partial charge in [0, 0.05) is 13.1 Å². The normalized spacial score (nSPS) is 13.6. The van der Waals surface area contributed by atoms with Gasteiger partial charge in [-0.2, -0.15) is 5.10 Å². The van der Waals surface area contributed by atoms with E-state index in [9.17, 15) is 0 Å². The highest BCUT2D eigenvalue weighted by molar-refractivity contribution is 7.71. The number of hydrogen-bond donors (Lipinski definition) is 1. The van der Waals surface area contributed by atoms with Gasteiger partial charge in [-0.1, -0.05) is 6.92 Å². The van der Waals surface area contributed by atoms with E-state index in [0.29, 0.717) is 6.04 Å². The lowest BCUT2D eigenvalue weighted by atomic mass is 10.2. The second kappa shape index (κ2) is 5.46. The molecule has 2 rings (SSSR count). The molecule has 19 heavy (non-hydrogen) atoms. The van der Waals surface area contributed by atoms with Crippen LogP contribution in [0.2, 0.25) is 0 Å². The maximum Gasteiger partial charge on any atom is 0.179 e. The standard InChI is InChI=1S/C13H23N5S/c1-6-10-11-12(17(5)15-10)18(13(19)14-11)9(2)7-8-16(3)4/h9H,6-8H2,1-5H3,(H,14,19). The van der Waals surface area contributed by atoms with Crippen molar-refractivity contribution in [3.05, 3.63) is 10.5 Å². The molecule has 0 aliphatic rings. The fraction of sp³-hybridized carbons (Fsp3) is 0.692. The molecule has 0 aromatic carbocycles. The van der Waals surface area contributed by atoms with E-state index in [1.54, 1.807) is 0 Å². The lowest BCUT2D eigenvalue weighted by Gasteiger charge is -2.17. The van der Waals surface area contributed by atoms with Gasteiger partial charge in [0.15, 0.2) is 10.4 Å². The zero-order valence-electron chi connectivity index (χ0n) is 12.4. The van der Waals surface area contributed by atoms with Gasteiger partial charge in [-0.25, -0.2) is 0 Å². The summed E-state index contributed by atoms with van der Waals surface area (Å²) < 4.78 is 4.93. The third-order valence-corrected chi connectivity index (χ3v) is 3.84. The van der Waals surface area contributed by atoms with E-state index in [1.807, 2.05) is 11.7 Å². The molecule has 2 heterocycles. The number of aromatic amines is 1. The van der Waals surface area contributed by atoms with Gasteiger partial charge in [0.2, 0.25) is 0 Å². The van der Waals surface area contributed by atoms with E-state index in [1.165, 1.54) is 0 Å². The SMILES string of the molecule is CCc1nn(C)c2c1[nH]c(=S)n2C(C)CCN(C)C. The number of nitrogens with zero attached hydrogens (tertiary/aromatic N) is 4. The van der Waals surface area contributed by atoms with Crippen LogP contribution in [0.15, 0.2) is 0 Å². The molecule has 0 bridgehead atoms. The van der Waals surface area contributed by atoms with Crippen molar-refractivity contribution in [2.45, 2.75) is 32.7 Å². The van der Waals surface area contributed by atoms with Gasteiger partial charge in [-0.3, -0.25) is 9.25 Å². The topological polar surface area (TPSA) is 41.8 Å². The first-order chi connectivity index (χ1) is 8.95. The third kappa shape index (κ3) is 2.60. The average molecular weight is 281 g/mol. The second-order valence-corrected chi connectivity index (χ2v) is 5.75. The summed E-state index contributed by atoms with van der Waals surface area (Å²) in [6.07, 6.45) is 1.99. The van der Waals surface area contributed by atoms with E-state index in [-0.39, 0.29) is 0 Å². The maximum atomic E-state index is 5.48. The van der Waals surface area contributed by atoms with E-state index in [2.05, 4.69) is 47.5 Å². The highest BCUT2D eigenvalue weighted by Crippen LogP contribution is 2.23. The van der Waals surface area contributed by atoms with Gasteiger partial charge in [-0.15, -0.1) is 0 Å². The smallest absolute Gasteiger partial charge is 0.179 e. The molecule has 106 valence electrons. The summed E-state index contributed by atoms with van der Waals surface area (Å²) in [7, 11) is 6.18. The molecule has 0 spiro atoms. The first-order valence-electron chi connectivity index (χ1n) is 6.76. The van der Waals surface area contributed by atoms with Crippen molar-refractivity contribution >= 4 is 23.4 Å². The summed E-state index contributed by atoms with van der Waals surface area (Å²) in [6, 6.07) is 0.365. The summed E-state index contributed by atoms with van der Waals surface area (Å²) in [5.41, 5.74) is 3.28. The Labute approximate surface area is 119 Å². The summed E-state index contributed by atoms with van der Waals surface area (Å²) in [5.74, 6) is 0. The molecule has 0 aliphatic heterocycles. The predicted octanol–water partition coefficient (Wildman–Crippen LogP) is 2.51. The van der Waals surface area contributed by atoms with E-state index < -0.39 is 0 Å². The Kier molecular flexibility index (Phi) is 4.10. The largest absolute Gasteiger partial charge is 0.328 e. The molecule has 2 aromatic heterocycles. The zero-order valence-corrected chi connectivity index (χ0v) is 13.2. The van der Waals surface area contributed by atoms with Crippen LogP contribution >= 0.6 is 12.2 Å². The molecule has 5 nitrogen and oxygen atoms in total. The molecule has 1 atom stereocenters. The fourth-order valence-corrected chi connectivity index (χ4v) is 2.84. The molecule has 0 fully saturated rings. The molecule has 0 amide bonds. The molecule has 0 aliphatic carbocycles. The fourth-order valence-electron chi connectivity index (χ4n) is 2.47. The minimum absolute atomic E-state index is 0.365. The molecule has 0 radical (unpaired) electrons. The number of hydrogen-bond acceptors (Lipinski definition) is 3. The number of rotatable bonds is 5. The summed E-state index contributed by atoms with van der Waals surface area (Å²) >= 11 is 5.48. The van der Waals surface area contributed by atoms with Crippen LogP contribution in [0.1, 0.15) is 32.0 Å². The van der Waals surface area contributed by atoms with E-state index >= 15 is 0 Å². The van der Waals surface area contributed by atoms with Gasteiger partial charge in [0.1, 0.15) is 5.52 Å². The van der Waals surface area contributed by atoms with Crippen LogP contribution in [0.3, 0.4) is 0 Å². The molecular formula is C13H23N5S. The van der Waals surface area contributed by atoms with Gasteiger partial charge in [-0.05, 0) is 52.6 Å². The quantitative estimate of drug-likeness (QED) is 0.856. The van der Waals surface area contributed by atoms with Gasteiger partial charge in [0.05, 0.1) is 5.69 Å². The Balaban J connectivity index is 2.45. The first-order valence-corrected chi connectivity index (χ1v) is 7.17. The summed E-state index contributed by atoms with van der Waals surface area (Å²) in [5, 5.41) is 4.56. The molecule has 6 heteroatoms. The van der Waals surface area contributed by atoms with Crippen LogP contribution < -0.4 is 0 Å². The van der Waals surface area contributed by atoms with Crippen molar-refractivity contribution < 1.29 is 0 Å². The van der Waals surface area contributed by atoms with Crippen molar-refractivity contribution in [1.29, 1.82) is 0 Å². The first kappa shape index (κ1) is 14.3. The van der Waals surface area contributed by atoms with Gasteiger partial charge < -0.3 is 9.88 Å². The molecule has 0 saturated heterocycles. The second-order valence-electron chi connectivity index (χ2n) is 5.36. The van der Waals surface area contributed by atoms with Gasteiger partial charge >= 0.3 is 0 Å². The lowest BCUT2D eigenvalue weighted by molar-refractivity contribution is 0.358. The Morgan fingerprint density at radius 3 is 2.68 bits per heavy atom. The number of aryl methyl sites for hydroxylation is 2.